The maximum atomic E-state index is 12.3. The molecule has 1 aromatic carbocycles. The maximum Gasteiger partial charge on any atom is 0.339 e. The largest absolute Gasteiger partial charge is 0.506 e. The number of fused-ring (bicyclic) bond motifs is 1. The van der Waals surface area contributed by atoms with Crippen LogP contribution in [-0.2, 0) is 20.8 Å². The molecule has 0 saturated carbocycles. The topological polar surface area (TPSA) is 137 Å². The number of hydrogen-bond donors (Lipinski definition) is 3. The fourth-order valence-corrected chi connectivity index (χ4v) is 3.95. The number of phenolic OH excluding ortho intramolecular Hbond substituents is 1. The van der Waals surface area contributed by atoms with E-state index in [1.807, 2.05) is 0 Å². The molecule has 1 saturated heterocycles. The highest BCUT2D eigenvalue weighted by molar-refractivity contribution is 6.32. The van der Waals surface area contributed by atoms with Crippen LogP contribution >= 0.6 is 11.6 Å². The number of phenols is 1. The monoisotopic (exact) mass is 450 g/mol. The highest BCUT2D eigenvalue weighted by atomic mass is 35.5. The summed E-state index contributed by atoms with van der Waals surface area (Å²) in [5.41, 5.74) is 0.563. The lowest BCUT2D eigenvalue weighted by molar-refractivity contribution is -0.148. The van der Waals surface area contributed by atoms with Crippen molar-refractivity contribution in [2.75, 3.05) is 13.1 Å². The van der Waals surface area contributed by atoms with Crippen LogP contribution in [0.1, 0.15) is 36.8 Å². The number of carbonyl (C=O) groups excluding carboxylic acids is 2. The Balaban J connectivity index is 1.56. The smallest absolute Gasteiger partial charge is 0.339 e. The van der Waals surface area contributed by atoms with Crippen molar-refractivity contribution in [3.05, 3.63) is 38.7 Å². The van der Waals surface area contributed by atoms with Crippen LogP contribution in [0, 0.1) is 6.92 Å². The summed E-state index contributed by atoms with van der Waals surface area (Å²) in [6, 6.07) is 1.98. The molecule has 1 atom stereocenters. The van der Waals surface area contributed by atoms with E-state index in [2.05, 4.69) is 5.32 Å². The summed E-state index contributed by atoms with van der Waals surface area (Å²) in [6.45, 7) is 2.21. The molecule has 3 N–H and O–H groups in total. The number of nitrogens with zero attached hydrogens (tertiary/aromatic N) is 1. The van der Waals surface area contributed by atoms with Gasteiger partial charge in [-0.25, -0.2) is 9.59 Å². The van der Waals surface area contributed by atoms with Crippen molar-refractivity contribution in [3.8, 4) is 5.75 Å². The molecule has 1 aliphatic heterocycles. The predicted octanol–water partition coefficient (Wildman–Crippen LogP) is 1.97. The van der Waals surface area contributed by atoms with Gasteiger partial charge in [0.15, 0.2) is 0 Å². The van der Waals surface area contributed by atoms with Crippen LogP contribution < -0.4 is 10.9 Å². The van der Waals surface area contributed by atoms with E-state index in [1.165, 1.54) is 17.0 Å². The summed E-state index contributed by atoms with van der Waals surface area (Å²) in [5, 5.41) is 22.1. The molecular weight excluding hydrogens is 428 g/mol. The van der Waals surface area contributed by atoms with Crippen molar-refractivity contribution < 1.29 is 29.0 Å². The molecule has 0 radical (unpaired) electrons. The number of halogens is 1. The third-order valence-electron chi connectivity index (χ3n) is 5.48. The Kier molecular flexibility index (Phi) is 6.84. The van der Waals surface area contributed by atoms with E-state index < -0.39 is 17.6 Å². The molecule has 10 heteroatoms. The molecule has 0 unspecified atom stereocenters. The fourth-order valence-electron chi connectivity index (χ4n) is 3.79. The van der Waals surface area contributed by atoms with E-state index in [0.717, 1.165) is 0 Å². The van der Waals surface area contributed by atoms with Gasteiger partial charge in [0, 0.05) is 42.9 Å². The van der Waals surface area contributed by atoms with Gasteiger partial charge in [0.1, 0.15) is 17.4 Å². The van der Waals surface area contributed by atoms with Gasteiger partial charge < -0.3 is 24.8 Å². The zero-order valence-corrected chi connectivity index (χ0v) is 17.7. The van der Waals surface area contributed by atoms with Gasteiger partial charge in [-0.05, 0) is 37.8 Å². The van der Waals surface area contributed by atoms with E-state index in [9.17, 15) is 24.3 Å². The van der Waals surface area contributed by atoms with Gasteiger partial charge in [0.2, 0.25) is 11.8 Å². The van der Waals surface area contributed by atoms with Gasteiger partial charge in [0.25, 0.3) is 0 Å². The molecule has 2 aromatic rings. The number of rotatable bonds is 7. The Morgan fingerprint density at radius 1 is 1.29 bits per heavy atom. The minimum atomic E-state index is -1.02. The molecule has 0 bridgehead atoms. The molecule has 1 fully saturated rings. The van der Waals surface area contributed by atoms with Crippen LogP contribution in [0.15, 0.2) is 21.3 Å². The van der Waals surface area contributed by atoms with E-state index in [-0.39, 0.29) is 54.0 Å². The van der Waals surface area contributed by atoms with Crippen LogP contribution in [0.4, 0.5) is 0 Å². The average molecular weight is 451 g/mol. The lowest BCUT2D eigenvalue weighted by atomic mass is 10.0. The lowest BCUT2D eigenvalue weighted by Crippen LogP contribution is -2.41. The third kappa shape index (κ3) is 4.99. The maximum absolute atomic E-state index is 12.3. The molecule has 0 spiro atoms. The SMILES string of the molecule is Cc1c(CCC(=O)NCCC(=O)N2CCC[C@@H]2C(=O)O)c(=O)oc2cc(O)c(Cl)cc12. The molecule has 2 amide bonds. The highest BCUT2D eigenvalue weighted by Crippen LogP contribution is 2.31. The number of aromatic hydroxyl groups is 1. The molecule has 2 heterocycles. The molecule has 9 nitrogen and oxygen atoms in total. The van der Waals surface area contributed by atoms with Crippen molar-refractivity contribution in [3.63, 3.8) is 0 Å². The van der Waals surface area contributed by atoms with Crippen molar-refractivity contribution in [1.82, 2.24) is 10.2 Å². The van der Waals surface area contributed by atoms with Crippen LogP contribution in [0.3, 0.4) is 0 Å². The Morgan fingerprint density at radius 2 is 2.03 bits per heavy atom. The van der Waals surface area contributed by atoms with Gasteiger partial charge >= 0.3 is 11.6 Å². The first kappa shape index (κ1) is 22.6. The number of nitrogens with one attached hydrogen (secondary N) is 1. The Bertz CT molecular complexity index is 1100. The minimum Gasteiger partial charge on any atom is -0.506 e. The minimum absolute atomic E-state index is 0.00858. The summed E-state index contributed by atoms with van der Waals surface area (Å²) in [5.74, 6) is -1.86. The van der Waals surface area contributed by atoms with Gasteiger partial charge in [-0.15, -0.1) is 0 Å². The summed E-state index contributed by atoms with van der Waals surface area (Å²) in [7, 11) is 0. The van der Waals surface area contributed by atoms with Crippen LogP contribution in [-0.4, -0.2) is 52.0 Å². The first-order valence-electron chi connectivity index (χ1n) is 9.92. The second-order valence-corrected chi connectivity index (χ2v) is 7.88. The zero-order chi connectivity index (χ0) is 22.7. The number of aryl methyl sites for hydroxylation is 1. The number of hydrogen-bond acceptors (Lipinski definition) is 6. The van der Waals surface area contributed by atoms with Crippen molar-refractivity contribution in [1.29, 1.82) is 0 Å². The predicted molar refractivity (Wildman–Crippen MR) is 112 cm³/mol. The first-order chi connectivity index (χ1) is 14.7. The van der Waals surface area contributed by atoms with E-state index in [4.69, 9.17) is 21.1 Å². The average Bonchev–Trinajstić information content (AvgIpc) is 3.20. The summed E-state index contributed by atoms with van der Waals surface area (Å²) in [4.78, 5) is 49.2. The molecule has 3 rings (SSSR count). The van der Waals surface area contributed by atoms with Crippen LogP contribution in [0.25, 0.3) is 11.0 Å². The Morgan fingerprint density at radius 3 is 2.74 bits per heavy atom. The van der Waals surface area contributed by atoms with Crippen molar-refractivity contribution in [2.45, 2.75) is 45.1 Å². The number of carbonyl (C=O) groups is 3. The summed E-state index contributed by atoms with van der Waals surface area (Å²) < 4.78 is 5.24. The van der Waals surface area contributed by atoms with E-state index in [0.29, 0.717) is 35.9 Å². The Labute approximate surface area is 182 Å². The number of aliphatic carboxylic acids is 1. The Hall–Kier alpha value is -3.07. The lowest BCUT2D eigenvalue weighted by Gasteiger charge is -2.21. The normalized spacial score (nSPS) is 15.9. The molecular formula is C21H23ClN2O7. The number of likely N-dealkylation sites (tertiary alicyclic amines) is 1. The van der Waals surface area contributed by atoms with Gasteiger partial charge in [-0.1, -0.05) is 11.6 Å². The van der Waals surface area contributed by atoms with Crippen LogP contribution in [0.2, 0.25) is 5.02 Å². The standard InChI is InChI=1S/C21H23ClN2O7/c1-11-12(21(30)31-17-10-16(25)14(22)9-13(11)17)4-5-18(26)23-7-6-19(27)24-8-2-3-15(24)20(28)29/h9-10,15,25H,2-8H2,1H3,(H,23,26)(H,28,29)/t15-/m1/s1. The summed E-state index contributed by atoms with van der Waals surface area (Å²) >= 11 is 5.94. The summed E-state index contributed by atoms with van der Waals surface area (Å²) in [6.07, 6.45) is 1.24. The fraction of sp³-hybridized carbons (Fsp3) is 0.429. The molecule has 1 aromatic heterocycles. The van der Waals surface area contributed by atoms with E-state index >= 15 is 0 Å². The van der Waals surface area contributed by atoms with Crippen LogP contribution in [0.5, 0.6) is 5.75 Å². The highest BCUT2D eigenvalue weighted by Gasteiger charge is 2.33. The van der Waals surface area contributed by atoms with Gasteiger partial charge in [-0.3, -0.25) is 9.59 Å². The molecule has 166 valence electrons. The van der Waals surface area contributed by atoms with E-state index in [1.54, 1.807) is 6.92 Å². The van der Waals surface area contributed by atoms with Crippen molar-refractivity contribution in [2.24, 2.45) is 0 Å². The quantitative estimate of drug-likeness (QED) is 0.548. The van der Waals surface area contributed by atoms with Gasteiger partial charge in [0.05, 0.1) is 5.02 Å². The number of amides is 2. The first-order valence-corrected chi connectivity index (χ1v) is 10.3. The third-order valence-corrected chi connectivity index (χ3v) is 5.78. The number of carboxylic acid groups (broad SMARTS) is 1. The number of carboxylic acids is 1. The molecule has 0 aliphatic carbocycles. The second-order valence-electron chi connectivity index (χ2n) is 7.48. The molecule has 31 heavy (non-hydrogen) atoms. The van der Waals surface area contributed by atoms with Gasteiger partial charge in [-0.2, -0.15) is 0 Å². The molecule has 1 aliphatic rings. The number of benzene rings is 1. The van der Waals surface area contributed by atoms with Crippen molar-refractivity contribution >= 4 is 40.4 Å². The second kappa shape index (κ2) is 9.38. The zero-order valence-electron chi connectivity index (χ0n) is 16.9.